The van der Waals surface area contributed by atoms with Gasteiger partial charge in [0.25, 0.3) is 0 Å². The zero-order valence-electron chi connectivity index (χ0n) is 9.84. The monoisotopic (exact) mass is 239 g/mol. The molecule has 0 radical (unpaired) electrons. The highest BCUT2D eigenvalue weighted by Crippen LogP contribution is 2.25. The molecule has 88 valence electrons. The first-order valence-corrected chi connectivity index (χ1v) is 6.37. The average Bonchev–Trinajstić information content (AvgIpc) is 2.74. The van der Waals surface area contributed by atoms with Crippen molar-refractivity contribution >= 4 is 16.3 Å². The van der Waals surface area contributed by atoms with E-state index in [-0.39, 0.29) is 0 Å². The lowest BCUT2D eigenvalue weighted by molar-refractivity contribution is 0.655. The van der Waals surface area contributed by atoms with Crippen LogP contribution in [0.4, 0.5) is 0 Å². The van der Waals surface area contributed by atoms with Crippen molar-refractivity contribution in [1.82, 2.24) is 19.8 Å². The van der Waals surface area contributed by atoms with Gasteiger partial charge in [0.2, 0.25) is 4.96 Å². The predicted molar refractivity (Wildman–Crippen MR) is 64.8 cm³/mol. The third-order valence-electron chi connectivity index (χ3n) is 2.57. The number of rotatable bonds is 4. The first kappa shape index (κ1) is 11.5. The minimum atomic E-state index is 0.342. The second-order valence-electron chi connectivity index (χ2n) is 4.33. The van der Waals surface area contributed by atoms with Crippen LogP contribution in [-0.2, 0) is 0 Å². The molecule has 0 aromatic carbocycles. The van der Waals surface area contributed by atoms with Crippen molar-refractivity contribution in [2.24, 2.45) is 5.73 Å². The molecule has 1 atom stereocenters. The minimum Gasteiger partial charge on any atom is -0.330 e. The van der Waals surface area contributed by atoms with Crippen LogP contribution in [0.2, 0.25) is 0 Å². The Morgan fingerprint density at radius 3 is 2.69 bits per heavy atom. The summed E-state index contributed by atoms with van der Waals surface area (Å²) in [6, 6.07) is 0. The summed E-state index contributed by atoms with van der Waals surface area (Å²) in [6.45, 7) is 7.03. The van der Waals surface area contributed by atoms with Crippen molar-refractivity contribution in [3.63, 3.8) is 0 Å². The molecule has 0 aliphatic rings. The highest BCUT2D eigenvalue weighted by atomic mass is 32.1. The summed E-state index contributed by atoms with van der Waals surface area (Å²) in [5.74, 6) is 1.67. The lowest BCUT2D eigenvalue weighted by Gasteiger charge is -2.04. The normalized spacial score (nSPS) is 13.8. The Balaban J connectivity index is 2.37. The van der Waals surface area contributed by atoms with Gasteiger partial charge < -0.3 is 5.73 Å². The van der Waals surface area contributed by atoms with E-state index in [2.05, 4.69) is 36.1 Å². The van der Waals surface area contributed by atoms with E-state index in [1.807, 2.05) is 4.52 Å². The molecule has 0 aliphatic heterocycles. The van der Waals surface area contributed by atoms with Gasteiger partial charge in [0.1, 0.15) is 5.01 Å². The quantitative estimate of drug-likeness (QED) is 0.882. The van der Waals surface area contributed by atoms with Gasteiger partial charge in [0.05, 0.1) is 0 Å². The van der Waals surface area contributed by atoms with Gasteiger partial charge in [-0.15, -0.1) is 10.2 Å². The van der Waals surface area contributed by atoms with E-state index < -0.39 is 0 Å². The molecule has 2 rings (SSSR count). The molecule has 0 spiro atoms. The van der Waals surface area contributed by atoms with Crippen LogP contribution in [0.5, 0.6) is 0 Å². The number of hydrogen-bond acceptors (Lipinski definition) is 5. The SMILES string of the molecule is CC(C)c1nnc2sc(C(C)CCN)nn12. The molecule has 0 amide bonds. The summed E-state index contributed by atoms with van der Waals surface area (Å²) in [5.41, 5.74) is 5.56. The lowest BCUT2D eigenvalue weighted by Crippen LogP contribution is -2.05. The van der Waals surface area contributed by atoms with Gasteiger partial charge in [0, 0.05) is 11.8 Å². The average molecular weight is 239 g/mol. The largest absolute Gasteiger partial charge is 0.330 e. The molecule has 0 fully saturated rings. The maximum atomic E-state index is 5.56. The third-order valence-corrected chi connectivity index (χ3v) is 3.70. The summed E-state index contributed by atoms with van der Waals surface area (Å²) in [7, 11) is 0. The molecule has 16 heavy (non-hydrogen) atoms. The highest BCUT2D eigenvalue weighted by Gasteiger charge is 2.16. The van der Waals surface area contributed by atoms with E-state index >= 15 is 0 Å². The van der Waals surface area contributed by atoms with Crippen LogP contribution in [0.25, 0.3) is 4.96 Å². The van der Waals surface area contributed by atoms with Crippen LogP contribution < -0.4 is 5.73 Å². The van der Waals surface area contributed by atoms with Crippen molar-refractivity contribution in [3.05, 3.63) is 10.8 Å². The maximum Gasteiger partial charge on any atom is 0.234 e. The third kappa shape index (κ3) is 1.94. The standard InChI is InChI=1S/C10H17N5S/c1-6(2)8-12-13-10-15(8)14-9(16-10)7(3)4-5-11/h6-7H,4-5,11H2,1-3H3. The van der Waals surface area contributed by atoms with Crippen LogP contribution in [0.1, 0.15) is 49.9 Å². The van der Waals surface area contributed by atoms with Gasteiger partial charge in [-0.05, 0) is 13.0 Å². The Kier molecular flexibility index (Phi) is 3.20. The maximum absolute atomic E-state index is 5.56. The van der Waals surface area contributed by atoms with E-state index in [4.69, 9.17) is 5.73 Å². The summed E-state index contributed by atoms with van der Waals surface area (Å²) < 4.78 is 1.86. The first-order chi connectivity index (χ1) is 7.63. The van der Waals surface area contributed by atoms with Crippen molar-refractivity contribution < 1.29 is 0 Å². The van der Waals surface area contributed by atoms with E-state index in [1.165, 1.54) is 0 Å². The van der Waals surface area contributed by atoms with Gasteiger partial charge in [-0.1, -0.05) is 32.1 Å². The Hall–Kier alpha value is -1.01. The molecule has 2 aromatic rings. The number of hydrogen-bond donors (Lipinski definition) is 1. The van der Waals surface area contributed by atoms with E-state index in [1.54, 1.807) is 11.3 Å². The smallest absolute Gasteiger partial charge is 0.234 e. The molecule has 0 aliphatic carbocycles. The predicted octanol–water partition coefficient (Wildman–Crippen LogP) is 1.76. The summed E-state index contributed by atoms with van der Waals surface area (Å²) in [6.07, 6.45) is 0.959. The van der Waals surface area contributed by atoms with Gasteiger partial charge in [-0.2, -0.15) is 9.61 Å². The molecule has 6 heteroatoms. The van der Waals surface area contributed by atoms with Crippen LogP contribution in [0, 0.1) is 0 Å². The lowest BCUT2D eigenvalue weighted by atomic mass is 10.1. The Morgan fingerprint density at radius 2 is 2.06 bits per heavy atom. The highest BCUT2D eigenvalue weighted by molar-refractivity contribution is 7.16. The van der Waals surface area contributed by atoms with E-state index in [0.29, 0.717) is 18.4 Å². The van der Waals surface area contributed by atoms with Gasteiger partial charge >= 0.3 is 0 Å². The van der Waals surface area contributed by atoms with Crippen LogP contribution >= 0.6 is 11.3 Å². The van der Waals surface area contributed by atoms with Gasteiger partial charge in [-0.3, -0.25) is 0 Å². The number of fused-ring (bicyclic) bond motifs is 1. The molecule has 2 N–H and O–H groups in total. The summed E-state index contributed by atoms with van der Waals surface area (Å²) in [5, 5.41) is 13.9. The number of nitrogens with two attached hydrogens (primary N) is 1. The number of aromatic nitrogens is 4. The van der Waals surface area contributed by atoms with Crippen molar-refractivity contribution in [1.29, 1.82) is 0 Å². The fourth-order valence-electron chi connectivity index (χ4n) is 1.58. The molecule has 2 heterocycles. The topological polar surface area (TPSA) is 69.1 Å². The fourth-order valence-corrected chi connectivity index (χ4v) is 2.51. The molecular formula is C10H17N5S. The minimum absolute atomic E-state index is 0.342. The molecule has 5 nitrogen and oxygen atoms in total. The Bertz CT molecular complexity index is 472. The molecule has 0 bridgehead atoms. The van der Waals surface area contributed by atoms with Crippen LogP contribution in [0.3, 0.4) is 0 Å². The van der Waals surface area contributed by atoms with Crippen molar-refractivity contribution in [2.45, 2.75) is 39.0 Å². The molecular weight excluding hydrogens is 222 g/mol. The van der Waals surface area contributed by atoms with Gasteiger partial charge in [0.15, 0.2) is 5.82 Å². The Labute approximate surface area is 98.7 Å². The molecule has 2 aromatic heterocycles. The van der Waals surface area contributed by atoms with Crippen molar-refractivity contribution in [3.8, 4) is 0 Å². The zero-order valence-corrected chi connectivity index (χ0v) is 10.7. The zero-order chi connectivity index (χ0) is 11.7. The fraction of sp³-hybridized carbons (Fsp3) is 0.700. The van der Waals surface area contributed by atoms with Crippen LogP contribution in [-0.4, -0.2) is 26.4 Å². The van der Waals surface area contributed by atoms with Crippen LogP contribution in [0.15, 0.2) is 0 Å². The summed E-state index contributed by atoms with van der Waals surface area (Å²) in [4.78, 5) is 0.877. The molecule has 0 saturated carbocycles. The molecule has 1 unspecified atom stereocenters. The van der Waals surface area contributed by atoms with Crippen molar-refractivity contribution in [2.75, 3.05) is 6.54 Å². The molecule has 0 saturated heterocycles. The van der Waals surface area contributed by atoms with E-state index in [9.17, 15) is 0 Å². The van der Waals surface area contributed by atoms with Gasteiger partial charge in [-0.25, -0.2) is 0 Å². The summed E-state index contributed by atoms with van der Waals surface area (Å²) >= 11 is 1.61. The van der Waals surface area contributed by atoms with E-state index in [0.717, 1.165) is 22.2 Å². The first-order valence-electron chi connectivity index (χ1n) is 5.55. The number of nitrogens with zero attached hydrogens (tertiary/aromatic N) is 4. The second-order valence-corrected chi connectivity index (χ2v) is 5.31. The Morgan fingerprint density at radius 1 is 1.31 bits per heavy atom. The second kappa shape index (κ2) is 4.47.